The number of nitrogens with zero attached hydrogens (tertiary/aromatic N) is 2. The summed E-state index contributed by atoms with van der Waals surface area (Å²) in [6.07, 6.45) is 3.86. The highest BCUT2D eigenvalue weighted by Gasteiger charge is 2.02. The van der Waals surface area contributed by atoms with Crippen molar-refractivity contribution in [3.8, 4) is 6.07 Å². The fourth-order valence-corrected chi connectivity index (χ4v) is 1.77. The molecule has 0 bridgehead atoms. The number of nitriles is 1. The van der Waals surface area contributed by atoms with Crippen LogP contribution in [0.2, 0.25) is 0 Å². The molecule has 0 aromatic carbocycles. The first-order valence-corrected chi connectivity index (χ1v) is 6.70. The van der Waals surface area contributed by atoms with Gasteiger partial charge in [-0.2, -0.15) is 13.7 Å². The van der Waals surface area contributed by atoms with E-state index in [2.05, 4.69) is 10.3 Å². The maximum Gasteiger partial charge on any atom is 0.264 e. The van der Waals surface area contributed by atoms with Gasteiger partial charge < -0.3 is 4.57 Å². The van der Waals surface area contributed by atoms with E-state index < -0.39 is 10.1 Å². The largest absolute Gasteiger partial charge is 0.350 e. The van der Waals surface area contributed by atoms with Gasteiger partial charge in [-0.05, 0) is 18.6 Å². The lowest BCUT2D eigenvalue weighted by molar-refractivity contribution is 0.306. The molecule has 16 heavy (non-hydrogen) atoms. The van der Waals surface area contributed by atoms with E-state index in [1.54, 1.807) is 0 Å². The zero-order valence-corrected chi connectivity index (χ0v) is 9.90. The standard InChI is InChI=1S/C10H14N2O3S/c1-16(13,14)15-9-3-8-12-7-2-4-10(12)5-6-11/h2,4,7H,3,5,8-9H2,1H3. The first kappa shape index (κ1) is 12.7. The van der Waals surface area contributed by atoms with Gasteiger partial charge in [-0.25, -0.2) is 0 Å². The molecule has 0 fully saturated rings. The summed E-state index contributed by atoms with van der Waals surface area (Å²) in [4.78, 5) is 0. The van der Waals surface area contributed by atoms with Crippen LogP contribution in [0, 0.1) is 11.3 Å². The summed E-state index contributed by atoms with van der Waals surface area (Å²) in [6.45, 7) is 0.822. The van der Waals surface area contributed by atoms with Crippen molar-refractivity contribution in [2.75, 3.05) is 12.9 Å². The fourth-order valence-electron chi connectivity index (χ4n) is 1.35. The summed E-state index contributed by atoms with van der Waals surface area (Å²) in [5, 5.41) is 8.57. The second kappa shape index (κ2) is 5.68. The lowest BCUT2D eigenvalue weighted by atomic mass is 10.3. The molecule has 0 unspecified atom stereocenters. The molecule has 0 saturated carbocycles. The zero-order chi connectivity index (χ0) is 12.0. The van der Waals surface area contributed by atoms with Gasteiger partial charge >= 0.3 is 0 Å². The van der Waals surface area contributed by atoms with Crippen molar-refractivity contribution in [3.63, 3.8) is 0 Å². The Balaban J connectivity index is 2.38. The van der Waals surface area contributed by atoms with Crippen LogP contribution in [0.1, 0.15) is 12.1 Å². The van der Waals surface area contributed by atoms with Gasteiger partial charge in [-0.1, -0.05) is 0 Å². The molecule has 1 heterocycles. The second-order valence-electron chi connectivity index (χ2n) is 3.41. The van der Waals surface area contributed by atoms with Gasteiger partial charge in [0.25, 0.3) is 10.1 Å². The van der Waals surface area contributed by atoms with E-state index in [9.17, 15) is 8.42 Å². The van der Waals surface area contributed by atoms with E-state index in [1.165, 1.54) is 0 Å². The molecule has 88 valence electrons. The molecule has 1 rings (SSSR count). The fraction of sp³-hybridized carbons (Fsp3) is 0.500. The van der Waals surface area contributed by atoms with Gasteiger partial charge in [0.1, 0.15) is 0 Å². The molecule has 0 saturated heterocycles. The molecule has 5 nitrogen and oxygen atoms in total. The molecule has 0 aliphatic heterocycles. The topological polar surface area (TPSA) is 72.1 Å². The van der Waals surface area contributed by atoms with Crippen LogP contribution >= 0.6 is 0 Å². The first-order chi connectivity index (χ1) is 7.53. The number of aromatic nitrogens is 1. The smallest absolute Gasteiger partial charge is 0.264 e. The lowest BCUT2D eigenvalue weighted by Crippen LogP contribution is -2.08. The van der Waals surface area contributed by atoms with Gasteiger partial charge in [-0.3, -0.25) is 4.18 Å². The van der Waals surface area contributed by atoms with Crippen LogP contribution in [0.5, 0.6) is 0 Å². The molecular weight excluding hydrogens is 228 g/mol. The number of hydrogen-bond donors (Lipinski definition) is 0. The Hall–Kier alpha value is -1.32. The zero-order valence-electron chi connectivity index (χ0n) is 9.09. The first-order valence-electron chi connectivity index (χ1n) is 4.88. The predicted octanol–water partition coefficient (Wildman–Crippen LogP) is 0.920. The van der Waals surface area contributed by atoms with Crippen molar-refractivity contribution < 1.29 is 12.6 Å². The second-order valence-corrected chi connectivity index (χ2v) is 5.05. The van der Waals surface area contributed by atoms with E-state index in [0.717, 1.165) is 11.9 Å². The minimum atomic E-state index is -3.35. The Morgan fingerprint density at radius 1 is 1.56 bits per heavy atom. The van der Waals surface area contributed by atoms with Gasteiger partial charge in [0.2, 0.25) is 0 Å². The molecule has 1 aromatic rings. The Kier molecular flexibility index (Phi) is 4.52. The summed E-state index contributed by atoms with van der Waals surface area (Å²) in [7, 11) is -3.35. The molecule has 6 heteroatoms. The summed E-state index contributed by atoms with van der Waals surface area (Å²) in [5.74, 6) is 0. The molecule has 0 amide bonds. The average molecular weight is 242 g/mol. The number of hydrogen-bond acceptors (Lipinski definition) is 4. The predicted molar refractivity (Wildman–Crippen MR) is 59.2 cm³/mol. The van der Waals surface area contributed by atoms with Crippen LogP contribution in [0.3, 0.4) is 0 Å². The third-order valence-electron chi connectivity index (χ3n) is 2.02. The van der Waals surface area contributed by atoms with Crippen LogP contribution in [0.4, 0.5) is 0 Å². The molecular formula is C10H14N2O3S. The van der Waals surface area contributed by atoms with Crippen molar-refractivity contribution in [2.24, 2.45) is 0 Å². The van der Waals surface area contributed by atoms with E-state index in [-0.39, 0.29) is 6.61 Å². The van der Waals surface area contributed by atoms with E-state index in [4.69, 9.17) is 5.26 Å². The molecule has 0 spiro atoms. The van der Waals surface area contributed by atoms with Gasteiger partial charge in [-0.15, -0.1) is 0 Å². The quantitative estimate of drug-likeness (QED) is 0.549. The van der Waals surface area contributed by atoms with Gasteiger partial charge in [0.05, 0.1) is 25.4 Å². The Morgan fingerprint density at radius 3 is 2.94 bits per heavy atom. The molecule has 0 radical (unpaired) electrons. The van der Waals surface area contributed by atoms with Crippen LogP contribution < -0.4 is 0 Å². The van der Waals surface area contributed by atoms with E-state index >= 15 is 0 Å². The van der Waals surface area contributed by atoms with Crippen LogP contribution in [0.25, 0.3) is 0 Å². The van der Waals surface area contributed by atoms with Crippen LogP contribution in [0.15, 0.2) is 18.3 Å². The van der Waals surface area contributed by atoms with Crippen LogP contribution in [-0.4, -0.2) is 25.8 Å². The molecule has 0 atom stereocenters. The number of aryl methyl sites for hydroxylation is 1. The van der Waals surface area contributed by atoms with E-state index in [1.807, 2.05) is 22.9 Å². The minimum absolute atomic E-state index is 0.170. The van der Waals surface area contributed by atoms with Crippen molar-refractivity contribution in [1.82, 2.24) is 4.57 Å². The highest BCUT2D eigenvalue weighted by atomic mass is 32.2. The van der Waals surface area contributed by atoms with Crippen molar-refractivity contribution >= 4 is 10.1 Å². The highest BCUT2D eigenvalue weighted by molar-refractivity contribution is 7.85. The summed E-state index contributed by atoms with van der Waals surface area (Å²) in [6, 6.07) is 5.82. The maximum absolute atomic E-state index is 10.7. The number of rotatable bonds is 6. The van der Waals surface area contributed by atoms with Gasteiger partial charge in [0.15, 0.2) is 0 Å². The normalized spacial score (nSPS) is 11.2. The highest BCUT2D eigenvalue weighted by Crippen LogP contribution is 2.04. The Labute approximate surface area is 95.4 Å². The third-order valence-corrected chi connectivity index (χ3v) is 2.62. The molecule has 0 aliphatic carbocycles. The Bertz CT molecular complexity index is 470. The van der Waals surface area contributed by atoms with Crippen molar-refractivity contribution in [1.29, 1.82) is 5.26 Å². The summed E-state index contributed by atoms with van der Waals surface area (Å²) >= 11 is 0. The van der Waals surface area contributed by atoms with Crippen molar-refractivity contribution in [3.05, 3.63) is 24.0 Å². The minimum Gasteiger partial charge on any atom is -0.350 e. The Morgan fingerprint density at radius 2 is 2.31 bits per heavy atom. The maximum atomic E-state index is 10.7. The monoisotopic (exact) mass is 242 g/mol. The summed E-state index contributed by atoms with van der Waals surface area (Å²) in [5.41, 5.74) is 0.932. The molecule has 0 N–H and O–H groups in total. The molecule has 0 aliphatic rings. The SMILES string of the molecule is CS(=O)(=O)OCCCn1cccc1CC#N. The van der Waals surface area contributed by atoms with Crippen molar-refractivity contribution in [2.45, 2.75) is 19.4 Å². The molecule has 1 aromatic heterocycles. The average Bonchev–Trinajstić information content (AvgIpc) is 2.60. The van der Waals surface area contributed by atoms with E-state index in [0.29, 0.717) is 19.4 Å². The van der Waals surface area contributed by atoms with Crippen LogP contribution in [-0.2, 0) is 27.3 Å². The van der Waals surface area contributed by atoms with Gasteiger partial charge in [0, 0.05) is 18.4 Å². The lowest BCUT2D eigenvalue weighted by Gasteiger charge is -2.06. The summed E-state index contributed by atoms with van der Waals surface area (Å²) < 4.78 is 27.9. The third kappa shape index (κ3) is 4.47.